The normalized spacial score (nSPS) is 10.5. The molecule has 0 fully saturated rings. The summed E-state index contributed by atoms with van der Waals surface area (Å²) in [6.07, 6.45) is 0. The molecule has 0 unspecified atom stereocenters. The highest BCUT2D eigenvalue weighted by Crippen LogP contribution is 2.29. The van der Waals surface area contributed by atoms with Gasteiger partial charge in [-0.25, -0.2) is 4.98 Å². The van der Waals surface area contributed by atoms with E-state index in [4.69, 9.17) is 4.74 Å². The number of nitrogens with zero attached hydrogens (tertiary/aromatic N) is 2. The van der Waals surface area contributed by atoms with Crippen LogP contribution in [0.25, 0.3) is 10.9 Å². The van der Waals surface area contributed by atoms with Gasteiger partial charge in [0.15, 0.2) is 0 Å². The van der Waals surface area contributed by atoms with Crippen LogP contribution in [0, 0.1) is 6.92 Å². The molecule has 5 heteroatoms. The average Bonchev–Trinajstić information content (AvgIpc) is 2.54. The van der Waals surface area contributed by atoms with Crippen molar-refractivity contribution in [3.63, 3.8) is 0 Å². The molecule has 22 heavy (non-hydrogen) atoms. The molecule has 0 spiro atoms. The van der Waals surface area contributed by atoms with E-state index in [1.54, 1.807) is 7.11 Å². The average molecular weight is 294 g/mol. The van der Waals surface area contributed by atoms with Crippen LogP contribution in [-0.4, -0.2) is 24.1 Å². The van der Waals surface area contributed by atoms with Crippen molar-refractivity contribution in [1.29, 1.82) is 0 Å². The first-order chi connectivity index (χ1) is 10.7. The number of hydrogen-bond acceptors (Lipinski definition) is 5. The van der Waals surface area contributed by atoms with Gasteiger partial charge >= 0.3 is 0 Å². The molecule has 0 saturated carbocycles. The highest BCUT2D eigenvalue weighted by atomic mass is 16.5. The quantitative estimate of drug-likeness (QED) is 0.767. The third kappa shape index (κ3) is 2.65. The Morgan fingerprint density at radius 2 is 1.86 bits per heavy atom. The molecule has 0 bridgehead atoms. The minimum Gasteiger partial charge on any atom is -0.495 e. The van der Waals surface area contributed by atoms with Gasteiger partial charge in [-0.3, -0.25) is 0 Å². The summed E-state index contributed by atoms with van der Waals surface area (Å²) in [5.41, 5.74) is 2.87. The summed E-state index contributed by atoms with van der Waals surface area (Å²) in [6, 6.07) is 13.8. The Labute approximate surface area is 129 Å². The molecule has 3 aromatic rings. The van der Waals surface area contributed by atoms with Crippen LogP contribution in [0.2, 0.25) is 0 Å². The first-order valence-corrected chi connectivity index (χ1v) is 7.07. The molecule has 0 aliphatic rings. The van der Waals surface area contributed by atoms with Crippen molar-refractivity contribution in [2.75, 3.05) is 24.8 Å². The number of fused-ring (bicyclic) bond motifs is 1. The Morgan fingerprint density at radius 3 is 2.64 bits per heavy atom. The minimum absolute atomic E-state index is 0.534. The maximum Gasteiger partial charge on any atom is 0.229 e. The zero-order valence-corrected chi connectivity index (χ0v) is 12.8. The Bertz CT molecular complexity index is 817. The highest BCUT2D eigenvalue weighted by molar-refractivity contribution is 5.90. The zero-order valence-electron chi connectivity index (χ0n) is 12.8. The number of anilines is 3. The van der Waals surface area contributed by atoms with Gasteiger partial charge < -0.3 is 15.4 Å². The second-order valence-corrected chi connectivity index (χ2v) is 4.99. The molecule has 1 aromatic heterocycles. The molecule has 1 heterocycles. The summed E-state index contributed by atoms with van der Waals surface area (Å²) < 4.78 is 5.38. The lowest BCUT2D eigenvalue weighted by Gasteiger charge is -2.12. The van der Waals surface area contributed by atoms with E-state index < -0.39 is 0 Å². The molecule has 112 valence electrons. The van der Waals surface area contributed by atoms with Crippen molar-refractivity contribution in [3.8, 4) is 5.75 Å². The summed E-state index contributed by atoms with van der Waals surface area (Å²) in [7, 11) is 3.50. The number of rotatable bonds is 4. The number of hydrogen-bond donors (Lipinski definition) is 2. The second-order valence-electron chi connectivity index (χ2n) is 4.99. The molecular formula is C17H18N4O. The number of methoxy groups -OCH3 is 1. The van der Waals surface area contributed by atoms with E-state index >= 15 is 0 Å². The number of benzene rings is 2. The summed E-state index contributed by atoms with van der Waals surface area (Å²) in [5, 5.41) is 7.35. The summed E-state index contributed by atoms with van der Waals surface area (Å²) >= 11 is 0. The van der Waals surface area contributed by atoms with Crippen molar-refractivity contribution in [1.82, 2.24) is 9.97 Å². The van der Waals surface area contributed by atoms with Crippen LogP contribution in [0.15, 0.2) is 42.5 Å². The molecule has 3 rings (SSSR count). The second kappa shape index (κ2) is 5.89. The number of para-hydroxylation sites is 1. The maximum absolute atomic E-state index is 5.38. The predicted molar refractivity (Wildman–Crippen MR) is 90.1 cm³/mol. The van der Waals surface area contributed by atoms with E-state index in [2.05, 4.69) is 20.6 Å². The lowest BCUT2D eigenvalue weighted by atomic mass is 10.2. The molecule has 0 amide bonds. The van der Waals surface area contributed by atoms with Gasteiger partial charge in [-0.1, -0.05) is 18.2 Å². The van der Waals surface area contributed by atoms with Crippen LogP contribution < -0.4 is 15.4 Å². The van der Waals surface area contributed by atoms with Crippen LogP contribution >= 0.6 is 0 Å². The first-order valence-electron chi connectivity index (χ1n) is 7.07. The van der Waals surface area contributed by atoms with Crippen LogP contribution in [0.1, 0.15) is 5.56 Å². The van der Waals surface area contributed by atoms with Gasteiger partial charge in [-0.2, -0.15) is 4.98 Å². The van der Waals surface area contributed by atoms with E-state index in [9.17, 15) is 0 Å². The smallest absolute Gasteiger partial charge is 0.229 e. The first kappa shape index (κ1) is 14.1. The third-order valence-electron chi connectivity index (χ3n) is 3.44. The fourth-order valence-corrected chi connectivity index (χ4v) is 2.36. The van der Waals surface area contributed by atoms with Crippen molar-refractivity contribution in [3.05, 3.63) is 48.0 Å². The summed E-state index contributed by atoms with van der Waals surface area (Å²) in [5.74, 6) is 2.08. The zero-order chi connectivity index (χ0) is 15.5. The van der Waals surface area contributed by atoms with E-state index in [-0.39, 0.29) is 0 Å². The standard InChI is InChI=1S/C17H18N4O/c1-11-8-9-15(22-3)14(10-11)20-17-19-13-7-5-4-6-12(13)16(18-2)21-17/h4-10H,1-3H3,(H2,18,19,20,21). The number of aromatic nitrogens is 2. The highest BCUT2D eigenvalue weighted by Gasteiger charge is 2.09. The molecule has 2 N–H and O–H groups in total. The topological polar surface area (TPSA) is 59.1 Å². The van der Waals surface area contributed by atoms with E-state index in [0.29, 0.717) is 5.95 Å². The van der Waals surface area contributed by atoms with Crippen molar-refractivity contribution in [2.45, 2.75) is 6.92 Å². The summed E-state index contributed by atoms with van der Waals surface area (Å²) in [6.45, 7) is 2.03. The Morgan fingerprint density at radius 1 is 1.05 bits per heavy atom. The summed E-state index contributed by atoms with van der Waals surface area (Å²) in [4.78, 5) is 9.10. The fourth-order valence-electron chi connectivity index (χ4n) is 2.36. The molecule has 2 aromatic carbocycles. The Balaban J connectivity index is 2.06. The van der Waals surface area contributed by atoms with Gasteiger partial charge in [0.05, 0.1) is 18.3 Å². The van der Waals surface area contributed by atoms with Gasteiger partial charge in [0, 0.05) is 12.4 Å². The van der Waals surface area contributed by atoms with Gasteiger partial charge in [0.25, 0.3) is 0 Å². The monoisotopic (exact) mass is 294 g/mol. The molecule has 0 saturated heterocycles. The molecule has 0 atom stereocenters. The van der Waals surface area contributed by atoms with Gasteiger partial charge in [0.1, 0.15) is 11.6 Å². The van der Waals surface area contributed by atoms with Crippen molar-refractivity contribution >= 4 is 28.4 Å². The van der Waals surface area contributed by atoms with E-state index in [1.165, 1.54) is 0 Å². The number of nitrogens with one attached hydrogen (secondary N) is 2. The number of ether oxygens (including phenoxy) is 1. The molecule has 5 nitrogen and oxygen atoms in total. The SMILES string of the molecule is CNc1nc(Nc2cc(C)ccc2OC)nc2ccccc12. The van der Waals surface area contributed by atoms with Crippen LogP contribution in [0.3, 0.4) is 0 Å². The van der Waals surface area contributed by atoms with Crippen LogP contribution in [0.4, 0.5) is 17.5 Å². The fraction of sp³-hybridized carbons (Fsp3) is 0.176. The molecule has 0 aliphatic heterocycles. The van der Waals surface area contributed by atoms with Gasteiger partial charge in [-0.15, -0.1) is 0 Å². The van der Waals surface area contributed by atoms with Crippen LogP contribution in [-0.2, 0) is 0 Å². The Kier molecular flexibility index (Phi) is 3.78. The van der Waals surface area contributed by atoms with E-state index in [1.807, 2.05) is 56.4 Å². The van der Waals surface area contributed by atoms with Crippen molar-refractivity contribution < 1.29 is 4.74 Å². The van der Waals surface area contributed by atoms with Crippen LogP contribution in [0.5, 0.6) is 5.75 Å². The van der Waals surface area contributed by atoms with Gasteiger partial charge in [0.2, 0.25) is 5.95 Å². The van der Waals surface area contributed by atoms with Crippen molar-refractivity contribution in [2.24, 2.45) is 0 Å². The van der Waals surface area contributed by atoms with Gasteiger partial charge in [-0.05, 0) is 36.8 Å². The minimum atomic E-state index is 0.534. The molecular weight excluding hydrogens is 276 g/mol. The third-order valence-corrected chi connectivity index (χ3v) is 3.44. The largest absolute Gasteiger partial charge is 0.495 e. The lowest BCUT2D eigenvalue weighted by molar-refractivity contribution is 0.416. The van der Waals surface area contributed by atoms with E-state index in [0.717, 1.165) is 33.7 Å². The predicted octanol–water partition coefficient (Wildman–Crippen LogP) is 3.73. The molecule has 0 aliphatic carbocycles. The number of aryl methyl sites for hydroxylation is 1. The maximum atomic E-state index is 5.38. The Hall–Kier alpha value is -2.82. The molecule has 0 radical (unpaired) electrons. The lowest BCUT2D eigenvalue weighted by Crippen LogP contribution is -2.03.